The van der Waals surface area contributed by atoms with Crippen LogP contribution < -0.4 is 48.6 Å². The van der Waals surface area contributed by atoms with Crippen LogP contribution in [0.25, 0.3) is 44.9 Å². The highest BCUT2D eigenvalue weighted by Crippen LogP contribution is 2.45. The summed E-state index contributed by atoms with van der Waals surface area (Å²) >= 11 is 28.4. The predicted octanol–water partition coefficient (Wildman–Crippen LogP) is 14.8. The van der Waals surface area contributed by atoms with E-state index in [1.807, 2.05) is 164 Å². The van der Waals surface area contributed by atoms with E-state index in [0.29, 0.717) is 16.0 Å². The number of aryl methyl sites for hydroxylation is 3. The van der Waals surface area contributed by atoms with E-state index in [9.17, 15) is 4.79 Å². The molecule has 2 fully saturated rings. The average Bonchev–Trinajstić information content (AvgIpc) is 1.61. The third kappa shape index (κ3) is 18.7. The van der Waals surface area contributed by atoms with E-state index in [0.717, 1.165) is 152 Å². The molecule has 116 heavy (non-hydrogen) atoms. The van der Waals surface area contributed by atoms with E-state index in [1.54, 1.807) is 71.3 Å². The molecule has 1 amide bonds. The summed E-state index contributed by atoms with van der Waals surface area (Å²) in [6.07, 6.45) is 13.2. The number of aromatic nitrogens is 17. The second-order valence-corrected chi connectivity index (χ2v) is 33.3. The third-order valence-corrected chi connectivity index (χ3v) is 22.4. The first-order valence-electron chi connectivity index (χ1n) is 36.5. The summed E-state index contributed by atoms with van der Waals surface area (Å²) in [5.74, 6) is 0.978. The van der Waals surface area contributed by atoms with Crippen molar-refractivity contribution in [1.82, 2.24) is 84.9 Å². The molecule has 37 heteroatoms. The van der Waals surface area contributed by atoms with Gasteiger partial charge in [0, 0.05) is 137 Å². The first-order valence-corrected chi connectivity index (χ1v) is 40.0. The van der Waals surface area contributed by atoms with Crippen LogP contribution in [0.3, 0.4) is 0 Å². The van der Waals surface area contributed by atoms with Crippen molar-refractivity contribution in [3.05, 3.63) is 223 Å². The van der Waals surface area contributed by atoms with Crippen LogP contribution in [0.15, 0.2) is 190 Å². The first-order chi connectivity index (χ1) is 55.2. The number of nitrogen functional groups attached to an aromatic ring is 4. The number of nitrogens with two attached hydrogens (primary N) is 4. The molecule has 13 aromatic rings. The Morgan fingerprint density at radius 2 is 0.707 bits per heavy atom. The Hall–Kier alpha value is -10.4. The smallest absolute Gasteiger partial charge is 0.399 e. The highest BCUT2D eigenvalue weighted by atomic mass is 79.9. The lowest BCUT2D eigenvalue weighted by atomic mass is 9.81. The highest BCUT2D eigenvalue weighted by Gasteiger charge is 2.53. The minimum Gasteiger partial charge on any atom is -0.399 e. The molecular formula is C79H80B2Br3Cl3N24O5. The van der Waals surface area contributed by atoms with Crippen molar-refractivity contribution < 1.29 is 23.4 Å². The van der Waals surface area contributed by atoms with Gasteiger partial charge in [-0.2, -0.15) is 0 Å². The minimum atomic E-state index is -0.425. The summed E-state index contributed by atoms with van der Waals surface area (Å²) in [4.78, 5) is 50.6. The van der Waals surface area contributed by atoms with Gasteiger partial charge >= 0.3 is 14.2 Å². The van der Waals surface area contributed by atoms with Crippen molar-refractivity contribution in [3.8, 4) is 44.9 Å². The van der Waals surface area contributed by atoms with E-state index in [2.05, 4.69) is 165 Å². The second-order valence-electron chi connectivity index (χ2n) is 29.2. The number of anilines is 10. The van der Waals surface area contributed by atoms with Crippen LogP contribution in [0.1, 0.15) is 72.5 Å². The molecule has 5 aliphatic heterocycles. The van der Waals surface area contributed by atoms with Crippen molar-refractivity contribution in [2.75, 3.05) is 50.7 Å². The largest absolute Gasteiger partial charge is 0.498 e. The quantitative estimate of drug-likeness (QED) is 0.112. The van der Waals surface area contributed by atoms with E-state index >= 15 is 0 Å². The fourth-order valence-electron chi connectivity index (χ4n) is 12.9. The Balaban J connectivity index is 0.000000125. The molecule has 8 N–H and O–H groups in total. The van der Waals surface area contributed by atoms with Crippen molar-refractivity contribution >= 4 is 172 Å². The van der Waals surface area contributed by atoms with Gasteiger partial charge in [0.25, 0.3) is 5.91 Å². The Bertz CT molecular complexity index is 5530. The van der Waals surface area contributed by atoms with Gasteiger partial charge in [0.05, 0.1) is 91.2 Å². The Morgan fingerprint density at radius 1 is 0.379 bits per heavy atom. The molecule has 594 valence electrons. The summed E-state index contributed by atoms with van der Waals surface area (Å²) in [7, 11) is -0.851. The van der Waals surface area contributed by atoms with Crippen molar-refractivity contribution in [2.45, 2.75) is 118 Å². The molecule has 0 aliphatic carbocycles. The molecule has 29 nitrogen and oxygen atoms in total. The first kappa shape index (κ1) is 83.6. The maximum absolute atomic E-state index is 12.9. The van der Waals surface area contributed by atoms with E-state index in [4.69, 9.17) is 76.4 Å². The van der Waals surface area contributed by atoms with Gasteiger partial charge in [-0.1, -0.05) is 94.4 Å². The number of nitrogens with zero attached hydrogens (tertiary/aromatic N) is 20. The fourth-order valence-corrected chi connectivity index (χ4v) is 14.2. The van der Waals surface area contributed by atoms with Crippen molar-refractivity contribution in [3.63, 3.8) is 0 Å². The van der Waals surface area contributed by atoms with Crippen LogP contribution in [0.4, 0.5) is 57.9 Å². The molecule has 0 radical (unpaired) electrons. The molecule has 0 spiro atoms. The van der Waals surface area contributed by atoms with Gasteiger partial charge in [-0.25, -0.2) is 53.9 Å². The summed E-state index contributed by atoms with van der Waals surface area (Å²) in [5.41, 5.74) is 38.5. The van der Waals surface area contributed by atoms with Crippen LogP contribution in [-0.2, 0) is 43.0 Å². The number of halogens is 6. The molecular weight excluding hydrogens is 1730 g/mol. The van der Waals surface area contributed by atoms with E-state index < -0.39 is 14.2 Å². The van der Waals surface area contributed by atoms with Gasteiger partial charge < -0.3 is 51.4 Å². The Morgan fingerprint density at radius 3 is 1.10 bits per heavy atom. The van der Waals surface area contributed by atoms with E-state index in [1.165, 1.54) is 0 Å². The number of carbonyl (C=O) groups excluding carboxylic acids is 1. The van der Waals surface area contributed by atoms with Crippen LogP contribution in [-0.4, -0.2) is 140 Å². The number of rotatable bonds is 6. The number of benzene rings is 6. The van der Waals surface area contributed by atoms with Crippen LogP contribution in [0.5, 0.6) is 0 Å². The molecule has 5 aliphatic rings. The standard InChI is InChI=1S/C21H18ClN7.C17H12BrClN4O.C17H14BrClN4.2C10H16BN3O2.C4H4BrN3/c1-13-20-18-7-2-14(15-11-24-21(23)25-12-15)10-19(18)28(8-9-29(20)27-26-13)17-5-3-16(22)4-6-17;1-10-17-14-7-2-11(18)8-15(14)23(13-5-3-12(19)4-6-13)16(24)9-22(17)21-20-10;1-11-17-15-7-2-12(18)10-16(15)22(8-9-23(17)21-20-11)14-5-3-13(19)4-6-14;2*1-9(2)10(3,4)16-11(15-9)7-5-13-8(12)14-6-7;5-3-1-7-4(6)8-2-3/h2-7,10-12H,8-9H2,1H3,(H2,23,24,25);2-8H,9H2,1H3;2-7,10H,8-9H2,1H3;2*5-6H,1-4H3,(H2,12,13,14);1-2H,(H2,6,7,8). The Labute approximate surface area is 710 Å². The number of amides is 1. The molecule has 6 aromatic carbocycles. The maximum Gasteiger partial charge on any atom is 0.498 e. The summed E-state index contributed by atoms with van der Waals surface area (Å²) in [5, 5.41) is 27.5. The molecule has 0 bridgehead atoms. The van der Waals surface area contributed by atoms with Crippen LogP contribution in [0, 0.1) is 20.8 Å². The second kappa shape index (κ2) is 34.8. The molecule has 0 saturated carbocycles. The summed E-state index contributed by atoms with van der Waals surface area (Å²) in [6.45, 7) is 25.1. The molecule has 0 atom stereocenters. The molecule has 7 aromatic heterocycles. The normalized spacial score (nSPS) is 15.5. The zero-order valence-electron chi connectivity index (χ0n) is 65.0. The van der Waals surface area contributed by atoms with Crippen molar-refractivity contribution in [1.29, 1.82) is 0 Å². The average molecular weight is 1810 g/mol. The van der Waals surface area contributed by atoms with Crippen LogP contribution >= 0.6 is 82.6 Å². The lowest BCUT2D eigenvalue weighted by Gasteiger charge is -2.32. The minimum absolute atomic E-state index is 0.0830. The summed E-state index contributed by atoms with van der Waals surface area (Å²) < 4.78 is 31.8. The number of carbonyl (C=O) groups is 1. The van der Waals surface area contributed by atoms with Gasteiger partial charge in [0.2, 0.25) is 23.8 Å². The molecule has 12 heterocycles. The van der Waals surface area contributed by atoms with Gasteiger partial charge in [-0.3, -0.25) is 9.69 Å². The van der Waals surface area contributed by atoms with Crippen molar-refractivity contribution in [2.24, 2.45) is 0 Å². The SMILES string of the molecule is CC1(C)OB(c2cnc(N)nc2)OC1(C)C.CC1(C)OB(c2cnc(N)nc2)OC1(C)C.Cc1nnn2c1-c1ccc(-c3cnc(N)nc3)cc1N(c1ccc(Cl)cc1)CC2.Cc1nnn2c1-c1ccc(Br)cc1N(c1ccc(Cl)cc1)C(=O)C2.Cc1nnn2c1-c1ccc(Br)cc1N(c1ccc(Cl)cc1)CC2.Nc1ncc(Br)cn1. The number of fused-ring (bicyclic) bond motifs is 9. The third-order valence-electron chi connectivity index (χ3n) is 20.3. The Kier molecular flexibility index (Phi) is 25.1. The monoisotopic (exact) mass is 1810 g/mol. The molecule has 2 saturated heterocycles. The fraction of sp³-hybridized carbons (Fsp3) is 0.253. The van der Waals surface area contributed by atoms with Gasteiger partial charge in [0.1, 0.15) is 6.54 Å². The lowest BCUT2D eigenvalue weighted by Crippen LogP contribution is -2.41. The highest BCUT2D eigenvalue weighted by molar-refractivity contribution is 9.11. The predicted molar refractivity (Wildman–Crippen MR) is 465 cm³/mol. The topological polar surface area (TPSA) is 363 Å². The van der Waals surface area contributed by atoms with Gasteiger partial charge in [-0.15, -0.1) is 15.3 Å². The van der Waals surface area contributed by atoms with Gasteiger partial charge in [-0.05, 0) is 213 Å². The van der Waals surface area contributed by atoms with Gasteiger partial charge in [0.15, 0.2) is 0 Å². The zero-order valence-corrected chi connectivity index (χ0v) is 72.0. The maximum atomic E-state index is 12.9. The number of hydrogen-bond donors (Lipinski definition) is 4. The molecule has 18 rings (SSSR count). The lowest BCUT2D eigenvalue weighted by molar-refractivity contribution is -0.118. The number of hydrogen-bond acceptors (Lipinski definition) is 25. The zero-order chi connectivity index (χ0) is 82.7. The summed E-state index contributed by atoms with van der Waals surface area (Å²) in [6, 6.07) is 41.6. The molecule has 0 unspecified atom stereocenters. The van der Waals surface area contributed by atoms with Crippen LogP contribution in [0.2, 0.25) is 15.1 Å². The van der Waals surface area contributed by atoms with E-state index in [-0.39, 0.29) is 52.7 Å².